The average molecular weight is 235 g/mol. The molecule has 3 rings (SSSR count). The summed E-state index contributed by atoms with van der Waals surface area (Å²) in [4.78, 5) is 8.72. The molecule has 0 unspecified atom stereocenters. The van der Waals surface area contributed by atoms with E-state index in [0.717, 1.165) is 29.4 Å². The summed E-state index contributed by atoms with van der Waals surface area (Å²) >= 11 is 1.60. The van der Waals surface area contributed by atoms with Crippen molar-refractivity contribution in [1.82, 2.24) is 20.2 Å². The van der Waals surface area contributed by atoms with Gasteiger partial charge in [0.1, 0.15) is 6.33 Å². The second-order valence-electron chi connectivity index (χ2n) is 4.21. The molecule has 0 bridgehead atoms. The van der Waals surface area contributed by atoms with Crippen LogP contribution in [0, 0.1) is 0 Å². The zero-order valence-corrected chi connectivity index (χ0v) is 9.63. The molecule has 0 saturated heterocycles. The molecule has 1 fully saturated rings. The maximum atomic E-state index is 5.86. The van der Waals surface area contributed by atoms with Crippen molar-refractivity contribution < 1.29 is 0 Å². The third-order valence-electron chi connectivity index (χ3n) is 3.37. The van der Waals surface area contributed by atoms with Crippen LogP contribution < -0.4 is 5.73 Å². The van der Waals surface area contributed by atoms with E-state index in [0.29, 0.717) is 6.54 Å². The first-order valence-electron chi connectivity index (χ1n) is 5.36. The second kappa shape index (κ2) is 3.64. The van der Waals surface area contributed by atoms with Crippen molar-refractivity contribution in [1.29, 1.82) is 0 Å². The van der Waals surface area contributed by atoms with E-state index in [2.05, 4.69) is 25.5 Å². The maximum absolute atomic E-state index is 5.86. The van der Waals surface area contributed by atoms with Gasteiger partial charge in [-0.3, -0.25) is 5.10 Å². The second-order valence-corrected chi connectivity index (χ2v) is 5.07. The minimum absolute atomic E-state index is 0.134. The fourth-order valence-corrected chi connectivity index (χ4v) is 2.99. The summed E-state index contributed by atoms with van der Waals surface area (Å²) in [5, 5.41) is 9.65. The van der Waals surface area contributed by atoms with Gasteiger partial charge in [0.25, 0.3) is 0 Å². The highest BCUT2D eigenvalue weighted by Gasteiger charge is 2.39. The Labute approximate surface area is 97.1 Å². The summed E-state index contributed by atoms with van der Waals surface area (Å²) in [6.45, 7) is 0.687. The van der Waals surface area contributed by atoms with E-state index in [1.165, 1.54) is 12.7 Å². The van der Waals surface area contributed by atoms with Gasteiger partial charge in [-0.25, -0.2) is 9.97 Å². The van der Waals surface area contributed by atoms with Gasteiger partial charge in [-0.1, -0.05) is 6.42 Å². The predicted molar refractivity (Wildman–Crippen MR) is 62.1 cm³/mol. The molecule has 2 aromatic rings. The topological polar surface area (TPSA) is 80.5 Å². The van der Waals surface area contributed by atoms with Gasteiger partial charge < -0.3 is 5.73 Å². The number of H-pyrrole nitrogens is 1. The van der Waals surface area contributed by atoms with E-state index < -0.39 is 0 Å². The quantitative estimate of drug-likeness (QED) is 0.840. The fraction of sp³-hybridized carbons (Fsp3) is 0.500. The molecular formula is C10H13N5S. The van der Waals surface area contributed by atoms with Gasteiger partial charge in [-0.2, -0.15) is 5.10 Å². The monoisotopic (exact) mass is 235 g/mol. The molecule has 5 nitrogen and oxygen atoms in total. The third kappa shape index (κ3) is 1.37. The zero-order chi connectivity index (χ0) is 11.0. The van der Waals surface area contributed by atoms with E-state index in [4.69, 9.17) is 5.73 Å². The summed E-state index contributed by atoms with van der Waals surface area (Å²) in [5.74, 6) is 0.739. The van der Waals surface area contributed by atoms with Gasteiger partial charge in [0.05, 0.1) is 5.69 Å². The lowest BCUT2D eigenvalue weighted by Gasteiger charge is -2.39. The molecule has 0 atom stereocenters. The van der Waals surface area contributed by atoms with Gasteiger partial charge in [0.2, 0.25) is 0 Å². The van der Waals surface area contributed by atoms with Crippen molar-refractivity contribution in [3.05, 3.63) is 17.4 Å². The largest absolute Gasteiger partial charge is 0.330 e. The van der Waals surface area contributed by atoms with Crippen LogP contribution in [0.5, 0.6) is 0 Å². The van der Waals surface area contributed by atoms with E-state index in [9.17, 15) is 0 Å². The van der Waals surface area contributed by atoms with Crippen molar-refractivity contribution in [2.24, 2.45) is 5.73 Å². The number of hydrogen-bond acceptors (Lipinski definition) is 5. The molecule has 1 saturated carbocycles. The molecule has 16 heavy (non-hydrogen) atoms. The molecule has 2 heterocycles. The lowest BCUT2D eigenvalue weighted by molar-refractivity contribution is 0.247. The smallest absolute Gasteiger partial charge is 0.184 e. The normalized spacial score (nSPS) is 18.3. The van der Waals surface area contributed by atoms with Crippen molar-refractivity contribution in [3.63, 3.8) is 0 Å². The molecule has 0 radical (unpaired) electrons. The Morgan fingerprint density at radius 2 is 2.38 bits per heavy atom. The molecule has 1 aliphatic rings. The minimum Gasteiger partial charge on any atom is -0.330 e. The minimum atomic E-state index is 0.134. The van der Waals surface area contributed by atoms with E-state index in [1.54, 1.807) is 11.3 Å². The van der Waals surface area contributed by atoms with E-state index in [1.807, 2.05) is 0 Å². The average Bonchev–Trinajstić information content (AvgIpc) is 2.86. The summed E-state index contributed by atoms with van der Waals surface area (Å²) in [7, 11) is 0. The van der Waals surface area contributed by atoms with Crippen LogP contribution in [-0.4, -0.2) is 26.7 Å². The number of thiazole rings is 1. The highest BCUT2D eigenvalue weighted by Crippen LogP contribution is 2.43. The van der Waals surface area contributed by atoms with Crippen LogP contribution in [0.3, 0.4) is 0 Å². The summed E-state index contributed by atoms with van der Waals surface area (Å²) < 4.78 is 0. The van der Waals surface area contributed by atoms with Gasteiger partial charge in [0, 0.05) is 17.3 Å². The first kappa shape index (κ1) is 9.92. The molecule has 1 aliphatic carbocycles. The lowest BCUT2D eigenvalue weighted by atomic mass is 9.67. The Kier molecular flexibility index (Phi) is 2.26. The molecule has 84 valence electrons. The first-order valence-corrected chi connectivity index (χ1v) is 6.24. The number of nitrogens with two attached hydrogens (primary N) is 1. The predicted octanol–water partition coefficient (Wildman–Crippen LogP) is 1.31. The maximum Gasteiger partial charge on any atom is 0.184 e. The van der Waals surface area contributed by atoms with E-state index in [-0.39, 0.29) is 5.41 Å². The van der Waals surface area contributed by atoms with Crippen LogP contribution in [0.2, 0.25) is 0 Å². The number of aromatic amines is 1. The Hall–Kier alpha value is -1.27. The first-order chi connectivity index (χ1) is 7.84. The number of nitrogens with one attached hydrogen (secondary N) is 1. The Bertz CT molecular complexity index is 466. The van der Waals surface area contributed by atoms with Crippen molar-refractivity contribution >= 4 is 11.3 Å². The number of nitrogens with zero attached hydrogens (tertiary/aromatic N) is 3. The molecule has 3 N–H and O–H groups in total. The van der Waals surface area contributed by atoms with Crippen molar-refractivity contribution in [2.45, 2.75) is 24.7 Å². The standard InChI is InChI=1S/C10H13N5S/c11-5-10(2-1-3-10)7-4-16-9(14-7)8-12-6-13-15-8/h4,6H,1-3,5,11H2,(H,12,13,15). The van der Waals surface area contributed by atoms with Gasteiger partial charge >= 0.3 is 0 Å². The van der Waals surface area contributed by atoms with Crippen LogP contribution in [0.25, 0.3) is 10.8 Å². The van der Waals surface area contributed by atoms with Gasteiger partial charge in [0.15, 0.2) is 10.8 Å². The summed E-state index contributed by atoms with van der Waals surface area (Å²) in [5.41, 5.74) is 7.11. The van der Waals surface area contributed by atoms with E-state index >= 15 is 0 Å². The summed E-state index contributed by atoms with van der Waals surface area (Å²) in [6.07, 6.45) is 5.07. The zero-order valence-electron chi connectivity index (χ0n) is 8.81. The number of hydrogen-bond donors (Lipinski definition) is 2. The third-order valence-corrected chi connectivity index (χ3v) is 4.22. The highest BCUT2D eigenvalue weighted by molar-refractivity contribution is 7.13. The van der Waals surface area contributed by atoms with Crippen molar-refractivity contribution in [2.75, 3.05) is 6.54 Å². The van der Waals surface area contributed by atoms with Crippen LogP contribution in [0.15, 0.2) is 11.7 Å². The fourth-order valence-electron chi connectivity index (χ4n) is 2.10. The van der Waals surface area contributed by atoms with Crippen molar-refractivity contribution in [3.8, 4) is 10.8 Å². The highest BCUT2D eigenvalue weighted by atomic mass is 32.1. The molecular weight excluding hydrogens is 222 g/mol. The Morgan fingerprint density at radius 3 is 2.94 bits per heavy atom. The molecule has 0 aliphatic heterocycles. The molecule has 2 aromatic heterocycles. The molecule has 0 aromatic carbocycles. The van der Waals surface area contributed by atoms with Crippen LogP contribution in [0.4, 0.5) is 0 Å². The van der Waals surface area contributed by atoms with Crippen LogP contribution in [-0.2, 0) is 5.41 Å². The SMILES string of the molecule is NCC1(c2csc(-c3ncn[nH]3)n2)CCC1. The van der Waals surface area contributed by atoms with Crippen LogP contribution in [0.1, 0.15) is 25.0 Å². The lowest BCUT2D eigenvalue weighted by Crippen LogP contribution is -2.41. The molecule has 0 amide bonds. The van der Waals surface area contributed by atoms with Gasteiger partial charge in [-0.15, -0.1) is 11.3 Å². The number of aromatic nitrogens is 4. The van der Waals surface area contributed by atoms with Crippen LogP contribution >= 0.6 is 11.3 Å². The van der Waals surface area contributed by atoms with Gasteiger partial charge in [-0.05, 0) is 12.8 Å². The Balaban J connectivity index is 1.93. The Morgan fingerprint density at radius 1 is 1.50 bits per heavy atom. The molecule has 0 spiro atoms. The summed E-state index contributed by atoms with van der Waals surface area (Å²) in [6, 6.07) is 0. The molecule has 6 heteroatoms. The number of rotatable bonds is 3.